The number of hydrogen-bond donors (Lipinski definition) is 2. The van der Waals surface area contributed by atoms with E-state index in [9.17, 15) is 4.79 Å². The minimum atomic E-state index is -0.0899. The molecule has 31 heavy (non-hydrogen) atoms. The lowest BCUT2D eigenvalue weighted by atomic mass is 9.72. The molecule has 1 amide bonds. The van der Waals surface area contributed by atoms with Gasteiger partial charge in [0.25, 0.3) is 0 Å². The zero-order valence-electron chi connectivity index (χ0n) is 17.3. The standard InChI is InChI=1S/C24H24N6O/c1-29-14-16(24(31)26-21-7-8-22(28-27-21)30-9-2-3-10-30)11-18-17-5-4-6-19-23(17)15(13-25-19)12-20(18)29/h2-10,13,16,18,20,25H,11-12,14H2,1H3,(H,26,27,31)/t16-,18?,20-/m1/s1. The first-order valence-corrected chi connectivity index (χ1v) is 10.7. The van der Waals surface area contributed by atoms with Crippen LogP contribution in [0.4, 0.5) is 5.82 Å². The van der Waals surface area contributed by atoms with Gasteiger partial charge < -0.3 is 19.8 Å². The predicted molar refractivity (Wildman–Crippen MR) is 119 cm³/mol. The number of likely N-dealkylation sites (N-methyl/N-ethyl adjacent to an activating group) is 1. The Morgan fingerprint density at radius 1 is 1.13 bits per heavy atom. The zero-order chi connectivity index (χ0) is 20.9. The average molecular weight is 412 g/mol. The SMILES string of the molecule is CN1C[C@H](C(=O)Nc2ccc(-n3cccc3)nn2)CC2c3cccc4[nH]cc(c34)C[C@H]21. The highest BCUT2D eigenvalue weighted by atomic mass is 16.2. The number of aromatic amines is 1. The van der Waals surface area contributed by atoms with Gasteiger partial charge in [0.2, 0.25) is 5.91 Å². The molecule has 7 nitrogen and oxygen atoms in total. The number of carbonyl (C=O) groups is 1. The summed E-state index contributed by atoms with van der Waals surface area (Å²) in [5, 5.41) is 12.8. The van der Waals surface area contributed by atoms with Crippen molar-refractivity contribution in [3.63, 3.8) is 0 Å². The summed E-state index contributed by atoms with van der Waals surface area (Å²) in [5.41, 5.74) is 3.95. The smallest absolute Gasteiger partial charge is 0.230 e. The van der Waals surface area contributed by atoms with E-state index in [1.54, 1.807) is 0 Å². The van der Waals surface area contributed by atoms with E-state index < -0.39 is 0 Å². The average Bonchev–Trinajstić information content (AvgIpc) is 3.46. The first kappa shape index (κ1) is 18.3. The Morgan fingerprint density at radius 3 is 2.81 bits per heavy atom. The van der Waals surface area contributed by atoms with E-state index in [2.05, 4.69) is 56.8 Å². The molecule has 7 heteroatoms. The second kappa shape index (κ2) is 7.06. The number of rotatable bonds is 3. The number of carbonyl (C=O) groups excluding carboxylic acids is 1. The molecule has 1 aliphatic heterocycles. The molecule has 1 saturated heterocycles. The molecule has 1 fully saturated rings. The zero-order valence-corrected chi connectivity index (χ0v) is 17.3. The summed E-state index contributed by atoms with van der Waals surface area (Å²) in [7, 11) is 2.14. The molecule has 0 saturated carbocycles. The minimum absolute atomic E-state index is 0.0142. The lowest BCUT2D eigenvalue weighted by molar-refractivity contribution is -0.122. The molecule has 4 heterocycles. The Hall–Kier alpha value is -3.45. The molecule has 4 aromatic rings. The summed E-state index contributed by atoms with van der Waals surface area (Å²) in [6.07, 6.45) is 7.85. The van der Waals surface area contributed by atoms with Crippen LogP contribution in [-0.4, -0.2) is 50.2 Å². The number of aromatic nitrogens is 4. The molecular formula is C24H24N6O. The van der Waals surface area contributed by atoms with E-state index in [0.29, 0.717) is 17.8 Å². The highest BCUT2D eigenvalue weighted by Gasteiger charge is 2.41. The van der Waals surface area contributed by atoms with Crippen LogP contribution in [0.1, 0.15) is 23.5 Å². The Kier molecular flexibility index (Phi) is 4.17. The second-order valence-corrected chi connectivity index (χ2v) is 8.69. The number of likely N-dealkylation sites (tertiary alicyclic amines) is 1. The molecule has 2 aliphatic rings. The summed E-state index contributed by atoms with van der Waals surface area (Å²) < 4.78 is 1.88. The van der Waals surface area contributed by atoms with Gasteiger partial charge in [-0.3, -0.25) is 4.79 Å². The fourth-order valence-electron chi connectivity index (χ4n) is 5.38. The second-order valence-electron chi connectivity index (χ2n) is 8.69. The van der Waals surface area contributed by atoms with Gasteiger partial charge in [0.05, 0.1) is 5.92 Å². The van der Waals surface area contributed by atoms with Gasteiger partial charge in [-0.05, 0) is 61.3 Å². The van der Waals surface area contributed by atoms with Gasteiger partial charge >= 0.3 is 0 Å². The van der Waals surface area contributed by atoms with E-state index in [-0.39, 0.29) is 11.8 Å². The van der Waals surface area contributed by atoms with Gasteiger partial charge in [-0.15, -0.1) is 10.2 Å². The number of nitrogens with zero attached hydrogens (tertiary/aromatic N) is 4. The van der Waals surface area contributed by atoms with Gasteiger partial charge in [0.15, 0.2) is 11.6 Å². The number of hydrogen-bond acceptors (Lipinski definition) is 4. The first-order chi connectivity index (χ1) is 15.2. The third kappa shape index (κ3) is 3.04. The number of nitrogens with one attached hydrogen (secondary N) is 2. The number of fused-ring (bicyclic) bond motifs is 2. The number of anilines is 1. The van der Waals surface area contributed by atoms with Crippen LogP contribution >= 0.6 is 0 Å². The lowest BCUT2D eigenvalue weighted by Gasteiger charge is -2.45. The summed E-state index contributed by atoms with van der Waals surface area (Å²) >= 11 is 0. The van der Waals surface area contributed by atoms with Crippen LogP contribution in [-0.2, 0) is 11.2 Å². The summed E-state index contributed by atoms with van der Waals surface area (Å²) in [5.74, 6) is 1.49. The number of benzene rings is 1. The van der Waals surface area contributed by atoms with Gasteiger partial charge in [-0.2, -0.15) is 0 Å². The normalized spacial score (nSPS) is 22.9. The molecule has 6 rings (SSSR count). The molecular weight excluding hydrogens is 388 g/mol. The molecule has 3 atom stereocenters. The van der Waals surface area contributed by atoms with Crippen molar-refractivity contribution < 1.29 is 4.79 Å². The molecule has 0 bridgehead atoms. The quantitative estimate of drug-likeness (QED) is 0.541. The van der Waals surface area contributed by atoms with Crippen molar-refractivity contribution in [3.8, 4) is 5.82 Å². The topological polar surface area (TPSA) is 78.8 Å². The van der Waals surface area contributed by atoms with Gasteiger partial charge in [0, 0.05) is 48.0 Å². The van der Waals surface area contributed by atoms with Crippen LogP contribution in [0.25, 0.3) is 16.7 Å². The monoisotopic (exact) mass is 412 g/mol. The Bertz CT molecular complexity index is 1240. The molecule has 0 spiro atoms. The highest BCUT2D eigenvalue weighted by molar-refractivity contribution is 5.92. The first-order valence-electron chi connectivity index (χ1n) is 10.7. The maximum absolute atomic E-state index is 13.1. The largest absolute Gasteiger partial charge is 0.361 e. The molecule has 156 valence electrons. The molecule has 1 aromatic carbocycles. The van der Waals surface area contributed by atoms with Crippen LogP contribution in [0.5, 0.6) is 0 Å². The Morgan fingerprint density at radius 2 is 2.00 bits per heavy atom. The third-order valence-electron chi connectivity index (χ3n) is 6.87. The predicted octanol–water partition coefficient (Wildman–Crippen LogP) is 3.35. The maximum atomic E-state index is 13.1. The Balaban J connectivity index is 1.22. The van der Waals surface area contributed by atoms with E-state index in [1.807, 2.05) is 41.2 Å². The molecule has 1 unspecified atom stereocenters. The van der Waals surface area contributed by atoms with Crippen molar-refractivity contribution in [1.82, 2.24) is 24.6 Å². The van der Waals surface area contributed by atoms with Crippen LogP contribution in [0, 0.1) is 5.92 Å². The van der Waals surface area contributed by atoms with Crippen molar-refractivity contribution in [1.29, 1.82) is 0 Å². The summed E-state index contributed by atoms with van der Waals surface area (Å²) in [6, 6.07) is 14.5. The van der Waals surface area contributed by atoms with Gasteiger partial charge in [-0.1, -0.05) is 12.1 Å². The number of amides is 1. The molecule has 3 aromatic heterocycles. The van der Waals surface area contributed by atoms with Crippen LogP contribution in [0.3, 0.4) is 0 Å². The van der Waals surface area contributed by atoms with E-state index in [0.717, 1.165) is 25.2 Å². The van der Waals surface area contributed by atoms with E-state index >= 15 is 0 Å². The summed E-state index contributed by atoms with van der Waals surface area (Å²) in [6.45, 7) is 0.748. The van der Waals surface area contributed by atoms with Crippen LogP contribution < -0.4 is 5.32 Å². The van der Waals surface area contributed by atoms with Crippen molar-refractivity contribution >= 4 is 22.6 Å². The summed E-state index contributed by atoms with van der Waals surface area (Å²) in [4.78, 5) is 18.9. The highest BCUT2D eigenvalue weighted by Crippen LogP contribution is 2.44. The fraction of sp³-hybridized carbons (Fsp3) is 0.292. The van der Waals surface area contributed by atoms with E-state index in [1.165, 1.54) is 22.0 Å². The van der Waals surface area contributed by atoms with Crippen molar-refractivity contribution in [3.05, 3.63) is 72.2 Å². The van der Waals surface area contributed by atoms with Crippen LogP contribution in [0.15, 0.2) is 61.1 Å². The van der Waals surface area contributed by atoms with Crippen molar-refractivity contribution in [2.24, 2.45) is 5.92 Å². The maximum Gasteiger partial charge on any atom is 0.230 e. The molecule has 1 aliphatic carbocycles. The Labute approximate surface area is 180 Å². The van der Waals surface area contributed by atoms with Gasteiger partial charge in [-0.25, -0.2) is 0 Å². The van der Waals surface area contributed by atoms with Gasteiger partial charge in [0.1, 0.15) is 0 Å². The van der Waals surface area contributed by atoms with Crippen molar-refractivity contribution in [2.45, 2.75) is 24.8 Å². The number of piperidine rings is 1. The third-order valence-corrected chi connectivity index (χ3v) is 6.87. The lowest BCUT2D eigenvalue weighted by Crippen LogP contribution is -2.50. The van der Waals surface area contributed by atoms with E-state index in [4.69, 9.17) is 0 Å². The molecule has 2 N–H and O–H groups in total. The van der Waals surface area contributed by atoms with Crippen LogP contribution in [0.2, 0.25) is 0 Å². The number of H-pyrrole nitrogens is 1. The fourth-order valence-corrected chi connectivity index (χ4v) is 5.38. The minimum Gasteiger partial charge on any atom is -0.361 e. The van der Waals surface area contributed by atoms with Crippen molar-refractivity contribution in [2.75, 3.05) is 18.9 Å². The molecule has 0 radical (unpaired) electrons.